The number of unbranched alkanes of at least 4 members (excludes halogenated alkanes) is 1. The van der Waals surface area contributed by atoms with E-state index in [2.05, 4.69) is 32.5 Å². The number of carbonyl (C=O) groups excluding carboxylic acids is 1. The van der Waals surface area contributed by atoms with E-state index in [1.807, 2.05) is 30.3 Å². The van der Waals surface area contributed by atoms with Crippen LogP contribution in [0.25, 0.3) is 10.9 Å². The number of fused-ring (bicyclic) bond motifs is 1. The minimum Gasteiger partial charge on any atom is -0.370 e. The summed E-state index contributed by atoms with van der Waals surface area (Å²) in [5.74, 6) is 0.369. The molecule has 0 aliphatic carbocycles. The highest BCUT2D eigenvalue weighted by atomic mass is 16.1. The second-order valence-electron chi connectivity index (χ2n) is 5.40. The first-order valence-corrected chi connectivity index (χ1v) is 7.99. The van der Waals surface area contributed by atoms with Crippen molar-refractivity contribution in [3.8, 4) is 0 Å². The number of hydrogen-bond donors (Lipinski definition) is 2. The minimum absolute atomic E-state index is 0.283. The maximum atomic E-state index is 12.5. The Bertz CT molecular complexity index is 844. The molecule has 0 spiro atoms. The molecule has 1 amide bonds. The molecule has 0 fully saturated rings. The molecule has 0 bridgehead atoms. The van der Waals surface area contributed by atoms with Crippen LogP contribution < -0.4 is 10.6 Å². The summed E-state index contributed by atoms with van der Waals surface area (Å²) in [6.07, 6.45) is 5.25. The third-order valence-corrected chi connectivity index (χ3v) is 3.62. The molecular formula is C18H19N5O. The lowest BCUT2D eigenvalue weighted by atomic mass is 10.2. The van der Waals surface area contributed by atoms with E-state index in [4.69, 9.17) is 0 Å². The van der Waals surface area contributed by atoms with Gasteiger partial charge in [-0.05, 0) is 18.6 Å². The molecule has 0 aliphatic heterocycles. The van der Waals surface area contributed by atoms with E-state index >= 15 is 0 Å². The standard InChI is InChI=1S/C18H19N5O/c1-2-3-9-19-16-11-15(21-12-22-16)18(24)23-14-8-4-6-13-7-5-10-20-17(13)14/h4-8,10-12H,2-3,9H2,1H3,(H,23,24)(H,19,21,22). The van der Waals surface area contributed by atoms with Gasteiger partial charge in [-0.15, -0.1) is 0 Å². The normalized spacial score (nSPS) is 10.5. The van der Waals surface area contributed by atoms with Crippen molar-refractivity contribution in [3.63, 3.8) is 0 Å². The van der Waals surface area contributed by atoms with Crippen molar-refractivity contribution < 1.29 is 4.79 Å². The smallest absolute Gasteiger partial charge is 0.274 e. The summed E-state index contributed by atoms with van der Waals surface area (Å²) in [4.78, 5) is 25.0. The molecule has 0 saturated carbocycles. The summed E-state index contributed by atoms with van der Waals surface area (Å²) in [5.41, 5.74) is 1.73. The van der Waals surface area contributed by atoms with E-state index < -0.39 is 0 Å². The van der Waals surface area contributed by atoms with E-state index in [0.29, 0.717) is 17.2 Å². The fourth-order valence-electron chi connectivity index (χ4n) is 2.36. The van der Waals surface area contributed by atoms with Crippen LogP contribution in [-0.4, -0.2) is 27.4 Å². The molecule has 122 valence electrons. The first-order valence-electron chi connectivity index (χ1n) is 7.99. The minimum atomic E-state index is -0.283. The van der Waals surface area contributed by atoms with Crippen LogP contribution in [-0.2, 0) is 0 Å². The molecule has 6 heteroatoms. The van der Waals surface area contributed by atoms with Crippen LogP contribution in [0.3, 0.4) is 0 Å². The second-order valence-corrected chi connectivity index (χ2v) is 5.40. The first-order chi connectivity index (χ1) is 11.8. The van der Waals surface area contributed by atoms with Gasteiger partial charge in [0.2, 0.25) is 0 Å². The fourth-order valence-corrected chi connectivity index (χ4v) is 2.36. The van der Waals surface area contributed by atoms with Crippen LogP contribution in [0.1, 0.15) is 30.3 Å². The summed E-state index contributed by atoms with van der Waals surface area (Å²) < 4.78 is 0. The molecule has 3 aromatic rings. The predicted molar refractivity (Wildman–Crippen MR) is 95.1 cm³/mol. The number of amides is 1. The summed E-state index contributed by atoms with van der Waals surface area (Å²) >= 11 is 0. The average Bonchev–Trinajstić information content (AvgIpc) is 2.62. The van der Waals surface area contributed by atoms with Crippen LogP contribution in [0.2, 0.25) is 0 Å². The zero-order valence-electron chi connectivity index (χ0n) is 13.5. The van der Waals surface area contributed by atoms with E-state index in [-0.39, 0.29) is 5.91 Å². The number of para-hydroxylation sites is 1. The maximum absolute atomic E-state index is 12.5. The van der Waals surface area contributed by atoms with Gasteiger partial charge in [0, 0.05) is 24.2 Å². The van der Waals surface area contributed by atoms with E-state index in [0.717, 1.165) is 30.3 Å². The molecule has 2 aromatic heterocycles. The number of hydrogen-bond acceptors (Lipinski definition) is 5. The summed E-state index contributed by atoms with van der Waals surface area (Å²) in [7, 11) is 0. The van der Waals surface area contributed by atoms with Gasteiger partial charge in [-0.25, -0.2) is 9.97 Å². The average molecular weight is 321 g/mol. The van der Waals surface area contributed by atoms with Crippen molar-refractivity contribution in [1.82, 2.24) is 15.0 Å². The number of carbonyl (C=O) groups is 1. The molecule has 24 heavy (non-hydrogen) atoms. The van der Waals surface area contributed by atoms with Gasteiger partial charge in [0.1, 0.15) is 17.8 Å². The molecule has 6 nitrogen and oxygen atoms in total. The summed E-state index contributed by atoms with van der Waals surface area (Å²) in [6.45, 7) is 2.95. The number of rotatable bonds is 6. The molecule has 0 radical (unpaired) electrons. The Morgan fingerprint density at radius 2 is 2.00 bits per heavy atom. The van der Waals surface area contributed by atoms with Crippen molar-refractivity contribution >= 4 is 28.3 Å². The molecule has 0 saturated heterocycles. The fraction of sp³-hybridized carbons (Fsp3) is 0.222. The van der Waals surface area contributed by atoms with Gasteiger partial charge in [0.15, 0.2) is 0 Å². The monoisotopic (exact) mass is 321 g/mol. The Hall–Kier alpha value is -3.02. The Labute approximate surface area is 140 Å². The lowest BCUT2D eigenvalue weighted by Gasteiger charge is -2.09. The third kappa shape index (κ3) is 3.65. The van der Waals surface area contributed by atoms with Crippen molar-refractivity contribution in [1.29, 1.82) is 0 Å². The number of pyridine rings is 1. The van der Waals surface area contributed by atoms with Gasteiger partial charge in [0.05, 0.1) is 11.2 Å². The molecular weight excluding hydrogens is 302 g/mol. The third-order valence-electron chi connectivity index (χ3n) is 3.62. The first kappa shape index (κ1) is 15.9. The Morgan fingerprint density at radius 3 is 2.88 bits per heavy atom. The van der Waals surface area contributed by atoms with Gasteiger partial charge >= 0.3 is 0 Å². The van der Waals surface area contributed by atoms with Crippen molar-refractivity contribution in [2.75, 3.05) is 17.2 Å². The largest absolute Gasteiger partial charge is 0.370 e. The van der Waals surface area contributed by atoms with Crippen LogP contribution in [0.5, 0.6) is 0 Å². The van der Waals surface area contributed by atoms with Crippen LogP contribution in [0, 0.1) is 0 Å². The SMILES string of the molecule is CCCCNc1cc(C(=O)Nc2cccc3cccnc23)ncn1. The van der Waals surface area contributed by atoms with Gasteiger partial charge in [0.25, 0.3) is 5.91 Å². The lowest BCUT2D eigenvalue weighted by Crippen LogP contribution is -2.15. The molecule has 1 aromatic carbocycles. The number of aromatic nitrogens is 3. The highest BCUT2D eigenvalue weighted by Crippen LogP contribution is 2.21. The Balaban J connectivity index is 1.78. The molecule has 0 aliphatic rings. The zero-order chi connectivity index (χ0) is 16.8. The van der Waals surface area contributed by atoms with Gasteiger partial charge in [-0.3, -0.25) is 9.78 Å². The van der Waals surface area contributed by atoms with Crippen LogP contribution >= 0.6 is 0 Å². The van der Waals surface area contributed by atoms with E-state index in [1.54, 1.807) is 12.3 Å². The summed E-state index contributed by atoms with van der Waals surface area (Å²) in [5, 5.41) is 7.04. The molecule has 2 heterocycles. The Kier molecular flexibility index (Phi) is 4.96. The van der Waals surface area contributed by atoms with Gasteiger partial charge in [-0.1, -0.05) is 31.5 Å². The zero-order valence-corrected chi connectivity index (χ0v) is 13.5. The maximum Gasteiger partial charge on any atom is 0.274 e. The van der Waals surface area contributed by atoms with Crippen molar-refractivity contribution in [3.05, 3.63) is 54.6 Å². The molecule has 0 atom stereocenters. The lowest BCUT2D eigenvalue weighted by molar-refractivity contribution is 0.102. The highest BCUT2D eigenvalue weighted by molar-refractivity contribution is 6.07. The number of anilines is 2. The number of nitrogens with zero attached hydrogens (tertiary/aromatic N) is 3. The van der Waals surface area contributed by atoms with Crippen LogP contribution in [0.4, 0.5) is 11.5 Å². The topological polar surface area (TPSA) is 79.8 Å². The van der Waals surface area contributed by atoms with E-state index in [9.17, 15) is 4.79 Å². The van der Waals surface area contributed by atoms with Crippen molar-refractivity contribution in [2.24, 2.45) is 0 Å². The molecule has 3 rings (SSSR count). The summed E-state index contributed by atoms with van der Waals surface area (Å²) in [6, 6.07) is 11.2. The number of benzene rings is 1. The Morgan fingerprint density at radius 1 is 1.12 bits per heavy atom. The van der Waals surface area contributed by atoms with Gasteiger partial charge < -0.3 is 10.6 Å². The van der Waals surface area contributed by atoms with E-state index in [1.165, 1.54) is 6.33 Å². The quantitative estimate of drug-likeness (QED) is 0.679. The number of nitrogens with one attached hydrogen (secondary N) is 2. The molecule has 2 N–H and O–H groups in total. The second kappa shape index (κ2) is 7.50. The molecule has 0 unspecified atom stereocenters. The predicted octanol–water partition coefficient (Wildman–Crippen LogP) is 3.49. The van der Waals surface area contributed by atoms with Gasteiger partial charge in [-0.2, -0.15) is 0 Å². The van der Waals surface area contributed by atoms with Crippen LogP contribution in [0.15, 0.2) is 48.9 Å². The highest BCUT2D eigenvalue weighted by Gasteiger charge is 2.11. The van der Waals surface area contributed by atoms with Crippen molar-refractivity contribution in [2.45, 2.75) is 19.8 Å².